The quantitative estimate of drug-likeness (QED) is 0.624. The van der Waals surface area contributed by atoms with Gasteiger partial charge in [0.1, 0.15) is 10.7 Å². The summed E-state index contributed by atoms with van der Waals surface area (Å²) in [5, 5.41) is 16.9. The van der Waals surface area contributed by atoms with Crippen LogP contribution in [0.3, 0.4) is 0 Å². The number of rotatable bonds is 8. The van der Waals surface area contributed by atoms with Crippen molar-refractivity contribution in [3.63, 3.8) is 0 Å². The highest BCUT2D eigenvalue weighted by atomic mass is 32.1. The van der Waals surface area contributed by atoms with Crippen molar-refractivity contribution < 1.29 is 9.90 Å². The van der Waals surface area contributed by atoms with Crippen molar-refractivity contribution in [2.24, 2.45) is 0 Å². The van der Waals surface area contributed by atoms with Crippen LogP contribution in [0.15, 0.2) is 53.2 Å². The van der Waals surface area contributed by atoms with Crippen LogP contribution in [0.25, 0.3) is 10.6 Å². The molecule has 6 heteroatoms. The van der Waals surface area contributed by atoms with Gasteiger partial charge >= 0.3 is 0 Å². The number of aliphatic hydroxyl groups excluding tert-OH is 1. The molecule has 2 aromatic heterocycles. The van der Waals surface area contributed by atoms with Gasteiger partial charge in [-0.2, -0.15) is 0 Å². The number of nitrogens with one attached hydrogen (secondary N) is 1. The molecule has 0 aliphatic rings. The number of benzene rings is 1. The summed E-state index contributed by atoms with van der Waals surface area (Å²) < 4.78 is 0. The molecule has 130 valence electrons. The largest absolute Gasteiger partial charge is 0.396 e. The molecule has 2 heterocycles. The number of hydrogen-bond acceptors (Lipinski definition) is 5. The van der Waals surface area contributed by atoms with Gasteiger partial charge in [-0.3, -0.25) is 4.79 Å². The van der Waals surface area contributed by atoms with Crippen LogP contribution < -0.4 is 5.32 Å². The second-order valence-corrected chi connectivity index (χ2v) is 7.51. The van der Waals surface area contributed by atoms with Crippen LogP contribution in [0.4, 0.5) is 0 Å². The van der Waals surface area contributed by atoms with Gasteiger partial charge in [-0.15, -0.1) is 22.7 Å². The lowest BCUT2D eigenvalue weighted by atomic mass is 10.00. The van der Waals surface area contributed by atoms with Crippen LogP contribution in [0, 0.1) is 0 Å². The zero-order chi connectivity index (χ0) is 17.5. The number of aliphatic hydroxyl groups is 1. The maximum Gasteiger partial charge on any atom is 0.270 e. The zero-order valence-electron chi connectivity index (χ0n) is 13.7. The third-order valence-electron chi connectivity index (χ3n) is 3.96. The van der Waals surface area contributed by atoms with Crippen LogP contribution in [0.1, 0.15) is 34.1 Å². The van der Waals surface area contributed by atoms with E-state index in [1.54, 1.807) is 16.7 Å². The van der Waals surface area contributed by atoms with Crippen molar-refractivity contribution in [1.82, 2.24) is 10.3 Å². The topological polar surface area (TPSA) is 62.2 Å². The average Bonchev–Trinajstić information content (AvgIpc) is 3.33. The van der Waals surface area contributed by atoms with Gasteiger partial charge in [0.05, 0.1) is 0 Å². The van der Waals surface area contributed by atoms with Gasteiger partial charge in [-0.25, -0.2) is 4.98 Å². The van der Waals surface area contributed by atoms with E-state index in [-0.39, 0.29) is 18.4 Å². The van der Waals surface area contributed by atoms with Gasteiger partial charge in [-0.1, -0.05) is 36.4 Å². The molecule has 0 radical (unpaired) electrons. The first-order chi connectivity index (χ1) is 12.3. The number of thiazole rings is 1. The lowest BCUT2D eigenvalue weighted by molar-refractivity contribution is 0.0948. The van der Waals surface area contributed by atoms with Crippen molar-refractivity contribution in [2.45, 2.75) is 18.8 Å². The van der Waals surface area contributed by atoms with Crippen LogP contribution in [-0.2, 0) is 0 Å². The third-order valence-corrected chi connectivity index (χ3v) is 5.89. The monoisotopic (exact) mass is 372 g/mol. The molecule has 0 saturated carbocycles. The van der Waals surface area contributed by atoms with Crippen LogP contribution in [0.5, 0.6) is 0 Å². The van der Waals surface area contributed by atoms with E-state index < -0.39 is 0 Å². The minimum absolute atomic E-state index is 0.146. The summed E-state index contributed by atoms with van der Waals surface area (Å²) in [6.45, 7) is 0.725. The Morgan fingerprint density at radius 3 is 2.68 bits per heavy atom. The number of hydrogen-bond donors (Lipinski definition) is 2. The average molecular weight is 373 g/mol. The van der Waals surface area contributed by atoms with E-state index >= 15 is 0 Å². The molecule has 4 nitrogen and oxygen atoms in total. The van der Waals surface area contributed by atoms with Crippen LogP contribution in [0.2, 0.25) is 0 Å². The Morgan fingerprint density at radius 1 is 1.12 bits per heavy atom. The molecule has 1 atom stereocenters. The van der Waals surface area contributed by atoms with Gasteiger partial charge in [0, 0.05) is 29.0 Å². The van der Waals surface area contributed by atoms with Gasteiger partial charge in [0.15, 0.2) is 0 Å². The number of thiophene rings is 1. The molecule has 0 saturated heterocycles. The minimum atomic E-state index is -0.146. The van der Waals surface area contributed by atoms with Crippen molar-refractivity contribution in [1.29, 1.82) is 0 Å². The van der Waals surface area contributed by atoms with Gasteiger partial charge < -0.3 is 10.4 Å². The lowest BCUT2D eigenvalue weighted by Gasteiger charge is -2.14. The van der Waals surface area contributed by atoms with Gasteiger partial charge in [-0.05, 0) is 30.2 Å². The molecule has 0 unspecified atom stereocenters. The Morgan fingerprint density at radius 2 is 1.96 bits per heavy atom. The number of nitrogens with zero attached hydrogens (tertiary/aromatic N) is 1. The van der Waals surface area contributed by atoms with Crippen molar-refractivity contribution in [3.8, 4) is 10.6 Å². The first kappa shape index (κ1) is 17.8. The Hall–Kier alpha value is -2.02. The smallest absolute Gasteiger partial charge is 0.270 e. The molecule has 0 fully saturated rings. The summed E-state index contributed by atoms with van der Waals surface area (Å²) in [7, 11) is 0. The molecular formula is C19H20N2O2S2. The minimum Gasteiger partial charge on any atom is -0.396 e. The van der Waals surface area contributed by atoms with Gasteiger partial charge in [0.2, 0.25) is 0 Å². The molecule has 0 bridgehead atoms. The molecule has 0 aliphatic carbocycles. The van der Waals surface area contributed by atoms with E-state index in [0.29, 0.717) is 18.7 Å². The number of amides is 1. The number of carbonyl (C=O) groups excluding carboxylic acids is 1. The van der Waals surface area contributed by atoms with E-state index in [0.717, 1.165) is 17.0 Å². The normalized spacial score (nSPS) is 12.0. The number of aromatic nitrogens is 1. The molecule has 2 N–H and O–H groups in total. The summed E-state index contributed by atoms with van der Waals surface area (Å²) in [6.07, 6.45) is 1.52. The Bertz CT molecular complexity index is 785. The molecule has 1 aromatic carbocycles. The fraction of sp³-hybridized carbons (Fsp3) is 0.263. The molecule has 3 aromatic rings. The third kappa shape index (κ3) is 4.75. The van der Waals surface area contributed by atoms with Crippen molar-refractivity contribution in [2.75, 3.05) is 13.2 Å². The van der Waals surface area contributed by atoms with Crippen LogP contribution >= 0.6 is 22.7 Å². The summed E-state index contributed by atoms with van der Waals surface area (Å²) in [6, 6.07) is 14.0. The molecule has 1 amide bonds. The van der Waals surface area contributed by atoms with E-state index in [1.807, 2.05) is 41.8 Å². The SMILES string of the molecule is O=C(NCC[C@@H](CCO)c1cccs1)c1csc(-c2ccccc2)n1. The van der Waals surface area contributed by atoms with E-state index in [9.17, 15) is 9.90 Å². The fourth-order valence-electron chi connectivity index (χ4n) is 2.65. The Labute approximate surface area is 155 Å². The summed E-state index contributed by atoms with van der Waals surface area (Å²) in [4.78, 5) is 18.0. The lowest BCUT2D eigenvalue weighted by Crippen LogP contribution is -2.26. The fourth-order valence-corrected chi connectivity index (χ4v) is 4.36. The highest BCUT2D eigenvalue weighted by molar-refractivity contribution is 7.13. The summed E-state index contributed by atoms with van der Waals surface area (Å²) >= 11 is 3.17. The van der Waals surface area contributed by atoms with Crippen LogP contribution in [-0.4, -0.2) is 29.1 Å². The van der Waals surface area contributed by atoms with E-state index in [4.69, 9.17) is 0 Å². The highest BCUT2D eigenvalue weighted by Crippen LogP contribution is 2.27. The molecular weight excluding hydrogens is 352 g/mol. The second kappa shape index (κ2) is 8.89. The first-order valence-corrected chi connectivity index (χ1v) is 9.97. The van der Waals surface area contributed by atoms with E-state index in [2.05, 4.69) is 16.4 Å². The predicted molar refractivity (Wildman–Crippen MR) is 103 cm³/mol. The summed E-state index contributed by atoms with van der Waals surface area (Å²) in [5.41, 5.74) is 1.48. The van der Waals surface area contributed by atoms with Crippen molar-refractivity contribution >= 4 is 28.6 Å². The molecule has 0 spiro atoms. The zero-order valence-corrected chi connectivity index (χ0v) is 15.4. The summed E-state index contributed by atoms with van der Waals surface area (Å²) in [5.74, 6) is 0.132. The molecule has 0 aliphatic heterocycles. The second-order valence-electron chi connectivity index (χ2n) is 5.67. The Balaban J connectivity index is 1.55. The maximum absolute atomic E-state index is 12.3. The van der Waals surface area contributed by atoms with E-state index in [1.165, 1.54) is 16.2 Å². The highest BCUT2D eigenvalue weighted by Gasteiger charge is 2.15. The molecule has 3 rings (SSSR count). The first-order valence-electron chi connectivity index (χ1n) is 8.21. The standard InChI is InChI=1S/C19H20N2O2S2/c22-11-9-14(17-7-4-12-24-17)8-10-20-18(23)16-13-25-19(21-16)15-5-2-1-3-6-15/h1-7,12-14,22H,8-11H2,(H,20,23)/t14-/m0/s1. The predicted octanol–water partition coefficient (Wildman–Crippen LogP) is 4.16. The van der Waals surface area contributed by atoms with Crippen molar-refractivity contribution in [3.05, 3.63) is 63.8 Å². The maximum atomic E-state index is 12.3. The number of carbonyl (C=O) groups is 1. The van der Waals surface area contributed by atoms with Gasteiger partial charge in [0.25, 0.3) is 5.91 Å². The molecule has 25 heavy (non-hydrogen) atoms. The Kier molecular flexibility index (Phi) is 6.33.